The number of alkyl halides is 1. The highest BCUT2D eigenvalue weighted by Crippen LogP contribution is 2.25. The summed E-state index contributed by atoms with van der Waals surface area (Å²) in [5.74, 6) is -1.77. The molecule has 1 atom stereocenters. The molecule has 5 aromatic heterocycles. The van der Waals surface area contributed by atoms with Crippen molar-refractivity contribution < 1.29 is 33.4 Å². The second-order valence-electron chi connectivity index (χ2n) is 11.1. The van der Waals surface area contributed by atoms with Crippen LogP contribution in [0.15, 0.2) is 89.1 Å². The number of epoxide rings is 1. The van der Waals surface area contributed by atoms with Gasteiger partial charge in [0.2, 0.25) is 5.78 Å². The summed E-state index contributed by atoms with van der Waals surface area (Å²) in [4.78, 5) is 69.1. The van der Waals surface area contributed by atoms with Crippen LogP contribution in [0.25, 0.3) is 5.52 Å². The predicted molar refractivity (Wildman–Crippen MR) is 205 cm³/mol. The Kier molecular flexibility index (Phi) is 19.3. The number of pyridine rings is 2. The Morgan fingerprint density at radius 1 is 0.891 bits per heavy atom. The Morgan fingerprint density at radius 2 is 1.45 bits per heavy atom. The number of hydrogen-bond acceptors (Lipinski definition) is 13. The number of ketones is 2. The number of carbonyl (C=O) groups is 4. The van der Waals surface area contributed by atoms with E-state index in [2.05, 4.69) is 42.9 Å². The first-order valence-corrected chi connectivity index (χ1v) is 18.0. The minimum Gasteiger partial charge on any atom is -0.462 e. The maximum Gasteiger partial charge on any atom is 0.411 e. The first kappa shape index (κ1) is 45.0. The lowest BCUT2D eigenvalue weighted by atomic mass is 10.0. The molecule has 0 aliphatic carbocycles. The van der Waals surface area contributed by atoms with Gasteiger partial charge in [0.05, 0.1) is 42.3 Å². The summed E-state index contributed by atoms with van der Waals surface area (Å²) in [6.45, 7) is 8.69. The molecule has 0 N–H and O–H groups in total. The molecule has 5 aromatic rings. The van der Waals surface area contributed by atoms with Crippen LogP contribution >= 0.6 is 15.9 Å². The van der Waals surface area contributed by atoms with Crippen molar-refractivity contribution in [3.8, 4) is 6.07 Å². The van der Waals surface area contributed by atoms with Gasteiger partial charge in [-0.3, -0.25) is 19.2 Å². The molecule has 6 heterocycles. The third-order valence-corrected chi connectivity index (χ3v) is 7.77. The monoisotopic (exact) mass is 819 g/mol. The molecule has 0 aromatic carbocycles. The number of fused-ring (bicyclic) bond motifs is 1. The zero-order chi connectivity index (χ0) is 40.9. The third-order valence-electron chi connectivity index (χ3n) is 7.27. The van der Waals surface area contributed by atoms with E-state index in [9.17, 15) is 28.8 Å². The average molecular weight is 821 g/mol. The molecule has 1 unspecified atom stereocenters. The van der Waals surface area contributed by atoms with Crippen LogP contribution in [0.5, 0.6) is 0 Å². The van der Waals surface area contributed by atoms with Crippen LogP contribution in [-0.2, 0) is 33.1 Å². The van der Waals surface area contributed by atoms with Crippen LogP contribution in [0.1, 0.15) is 69.5 Å². The first-order chi connectivity index (χ1) is 26.3. The summed E-state index contributed by atoms with van der Waals surface area (Å²) < 4.78 is 18.4. The fraction of sp³-hybridized carbons (Fsp3) is 0.316. The van der Waals surface area contributed by atoms with E-state index in [0.29, 0.717) is 28.3 Å². The molecule has 1 saturated heterocycles. The Morgan fingerprint density at radius 3 is 1.87 bits per heavy atom. The van der Waals surface area contributed by atoms with Gasteiger partial charge in [0, 0.05) is 68.3 Å². The van der Waals surface area contributed by atoms with E-state index in [4.69, 9.17) is 14.7 Å². The number of nitriles is 1. The number of nitrogens with zero attached hydrogens (tertiary/aromatic N) is 7. The second kappa shape index (κ2) is 23.5. The molecule has 1 aliphatic rings. The number of Topliss-reactive ketones (excluding diaryl/α,β-unsaturated/α-hetero) is 1. The van der Waals surface area contributed by atoms with E-state index >= 15 is 0 Å². The van der Waals surface area contributed by atoms with Gasteiger partial charge in [-0.15, -0.1) is 0 Å². The number of halogens is 1. The molecule has 17 heteroatoms. The molecule has 1 fully saturated rings. The largest absolute Gasteiger partial charge is 0.462 e. The lowest BCUT2D eigenvalue weighted by Gasteiger charge is -2.04. The highest BCUT2D eigenvalue weighted by atomic mass is 79.9. The topological polar surface area (TPSA) is 210 Å². The summed E-state index contributed by atoms with van der Waals surface area (Å²) in [5, 5.41) is 19.3. The smallest absolute Gasteiger partial charge is 0.411 e. The van der Waals surface area contributed by atoms with Crippen LogP contribution in [0.2, 0.25) is 0 Å². The van der Waals surface area contributed by atoms with Crippen LogP contribution in [-0.4, -0.2) is 83.7 Å². The van der Waals surface area contributed by atoms with Crippen LogP contribution < -0.4 is 11.1 Å². The van der Waals surface area contributed by atoms with Gasteiger partial charge in [-0.1, -0.05) is 22.9 Å². The van der Waals surface area contributed by atoms with Crippen molar-refractivity contribution in [2.24, 2.45) is 14.1 Å². The Bertz CT molecular complexity index is 2180. The molecule has 0 bridgehead atoms. The molecule has 55 heavy (non-hydrogen) atoms. The Balaban J connectivity index is 0.000000285. The highest BCUT2D eigenvalue weighted by Gasteiger charge is 2.27. The van der Waals surface area contributed by atoms with E-state index in [1.54, 1.807) is 77.7 Å². The van der Waals surface area contributed by atoms with E-state index in [0.717, 1.165) is 6.61 Å². The van der Waals surface area contributed by atoms with Gasteiger partial charge in [-0.25, -0.2) is 14.1 Å². The van der Waals surface area contributed by atoms with E-state index in [-0.39, 0.29) is 52.5 Å². The van der Waals surface area contributed by atoms with Crippen molar-refractivity contribution >= 4 is 45.0 Å². The van der Waals surface area contributed by atoms with E-state index in [1.165, 1.54) is 50.7 Å². The summed E-state index contributed by atoms with van der Waals surface area (Å²) in [6, 6.07) is 14.1. The number of carbonyl (C=O) groups excluding carboxylic acids is 4. The molecular formula is C38H42BrN7O9. The van der Waals surface area contributed by atoms with Gasteiger partial charge in [0.15, 0.2) is 11.9 Å². The summed E-state index contributed by atoms with van der Waals surface area (Å²) in [6.07, 6.45) is 9.75. The zero-order valence-corrected chi connectivity index (χ0v) is 32.9. The van der Waals surface area contributed by atoms with E-state index < -0.39 is 11.9 Å². The van der Waals surface area contributed by atoms with Crippen molar-refractivity contribution in [1.29, 1.82) is 5.26 Å². The molecule has 16 nitrogen and oxygen atoms in total. The fourth-order valence-corrected chi connectivity index (χ4v) is 4.61. The third kappa shape index (κ3) is 14.3. The standard InChI is InChI=1S/C18H17N3O4.C8H8BrNO2.C4H4N2.C4H5NO2.C4H8O/c1-4-25-18(24)15-11(2)16(21-13(15)6-5-8-19-21)17(23)12-7-9-20(3)14(22)10-12;1-10-3-2-6(4-8(10)12)7(11)5-9;1-2-4-6-5-3-1;1-2-7-4(6)3-5;1-2-4-3-5-4/h5-10H,4H2,1-3H3;2-4H,5H2,1H3;1-4H;2H2,1H3;4H,2-3H2,1H3. The van der Waals surface area contributed by atoms with Crippen molar-refractivity contribution in [3.63, 3.8) is 0 Å². The predicted octanol–water partition coefficient (Wildman–Crippen LogP) is 4.06. The van der Waals surface area contributed by atoms with Gasteiger partial charge in [-0.05, 0) is 69.2 Å². The summed E-state index contributed by atoms with van der Waals surface area (Å²) in [7, 11) is 3.25. The molecule has 0 amide bonds. The molecule has 0 radical (unpaired) electrons. The van der Waals surface area contributed by atoms with Crippen molar-refractivity contribution in [2.75, 3.05) is 25.2 Å². The molecule has 0 saturated carbocycles. The molecule has 0 spiro atoms. The maximum atomic E-state index is 13.0. The number of aromatic nitrogens is 6. The van der Waals surface area contributed by atoms with Crippen LogP contribution in [0.3, 0.4) is 0 Å². The molecular weight excluding hydrogens is 778 g/mol. The Hall–Kier alpha value is -6.12. The average Bonchev–Trinajstić information content (AvgIpc) is 4.00. The molecule has 290 valence electrons. The van der Waals surface area contributed by atoms with Gasteiger partial charge < -0.3 is 23.3 Å². The fourth-order valence-electron chi connectivity index (χ4n) is 4.28. The van der Waals surface area contributed by atoms with Gasteiger partial charge in [-0.2, -0.15) is 20.6 Å². The van der Waals surface area contributed by atoms with Gasteiger partial charge >= 0.3 is 11.9 Å². The number of esters is 2. The van der Waals surface area contributed by atoms with Crippen molar-refractivity contribution in [2.45, 2.75) is 40.2 Å². The number of rotatable bonds is 8. The van der Waals surface area contributed by atoms with Crippen LogP contribution in [0.4, 0.5) is 0 Å². The maximum absolute atomic E-state index is 13.0. The normalized spacial score (nSPS) is 11.9. The van der Waals surface area contributed by atoms with Crippen molar-refractivity contribution in [1.82, 2.24) is 28.9 Å². The number of ether oxygens (including phenoxy) is 3. The SMILES string of the molecule is CCC1CO1.CCOC(=O)C#N.CCOC(=O)c1c(C)c(C(=O)c2ccn(C)c(=O)c2)n2ncccc12.Cn1ccc(C(=O)CBr)cc1=O.c1ccnnc1. The quantitative estimate of drug-likeness (QED) is 0.0712. The summed E-state index contributed by atoms with van der Waals surface area (Å²) in [5.41, 5.74) is 1.76. The van der Waals surface area contributed by atoms with E-state index in [1.807, 2.05) is 12.1 Å². The second-order valence-corrected chi connectivity index (χ2v) is 11.7. The lowest BCUT2D eigenvalue weighted by molar-refractivity contribution is -0.136. The van der Waals surface area contributed by atoms with Gasteiger partial charge in [0.1, 0.15) is 5.69 Å². The minimum absolute atomic E-state index is 0.0762. The highest BCUT2D eigenvalue weighted by molar-refractivity contribution is 9.09. The lowest BCUT2D eigenvalue weighted by Crippen LogP contribution is -2.18. The Labute approximate surface area is 325 Å². The summed E-state index contributed by atoms with van der Waals surface area (Å²) >= 11 is 3.04. The van der Waals surface area contributed by atoms with Crippen LogP contribution in [0, 0.1) is 18.3 Å². The molecule has 6 rings (SSSR count). The molecule has 1 aliphatic heterocycles. The zero-order valence-electron chi connectivity index (χ0n) is 31.3. The number of aryl methyl sites for hydroxylation is 2. The first-order valence-electron chi connectivity index (χ1n) is 16.9. The van der Waals surface area contributed by atoms with Crippen molar-refractivity contribution in [3.05, 3.63) is 128 Å². The van der Waals surface area contributed by atoms with Gasteiger partial charge in [0.25, 0.3) is 11.1 Å². The minimum atomic E-state index is -0.817. The number of hydrogen-bond donors (Lipinski definition) is 0.